The summed E-state index contributed by atoms with van der Waals surface area (Å²) in [6, 6.07) is 0. The number of carbonyl (C=O) groups is 2. The van der Waals surface area contributed by atoms with Crippen LogP contribution in [-0.4, -0.2) is 22.8 Å². The van der Waals surface area contributed by atoms with E-state index in [2.05, 4.69) is 0 Å². The van der Waals surface area contributed by atoms with Crippen LogP contribution in [0.2, 0.25) is 0 Å². The van der Waals surface area contributed by atoms with Gasteiger partial charge in [-0.2, -0.15) is 0 Å². The van der Waals surface area contributed by atoms with Gasteiger partial charge in [0.2, 0.25) is 0 Å². The highest BCUT2D eigenvalue weighted by Gasteiger charge is 2.52. The van der Waals surface area contributed by atoms with Crippen molar-refractivity contribution in [2.75, 3.05) is 0 Å². The highest BCUT2D eigenvalue weighted by Crippen LogP contribution is 2.46. The van der Waals surface area contributed by atoms with E-state index in [1.807, 2.05) is 6.92 Å². The second-order valence-electron chi connectivity index (χ2n) is 4.74. The van der Waals surface area contributed by atoms with Gasteiger partial charge in [-0.15, -0.1) is 0 Å². The molecule has 14 heavy (non-hydrogen) atoms. The van der Waals surface area contributed by atoms with Crippen LogP contribution in [0.5, 0.6) is 0 Å². The highest BCUT2D eigenvalue weighted by molar-refractivity contribution is 5.99. The van der Waals surface area contributed by atoms with E-state index in [1.165, 1.54) is 0 Å². The van der Waals surface area contributed by atoms with Crippen molar-refractivity contribution in [2.24, 2.45) is 11.3 Å². The van der Waals surface area contributed by atoms with E-state index in [1.54, 1.807) is 0 Å². The molecule has 78 valence electrons. The summed E-state index contributed by atoms with van der Waals surface area (Å²) < 4.78 is 0. The fourth-order valence-electron chi connectivity index (χ4n) is 2.99. The first kappa shape index (κ1) is 9.84. The molecular formula is C11H16O3. The van der Waals surface area contributed by atoms with Gasteiger partial charge in [-0.05, 0) is 19.3 Å². The Bertz CT molecular complexity index is 284. The van der Waals surface area contributed by atoms with Crippen LogP contribution in [-0.2, 0) is 9.59 Å². The van der Waals surface area contributed by atoms with Crippen LogP contribution >= 0.6 is 0 Å². The average Bonchev–Trinajstić information content (AvgIpc) is 2.12. The van der Waals surface area contributed by atoms with Gasteiger partial charge in [-0.25, -0.2) is 0 Å². The molecule has 3 heteroatoms. The molecule has 0 aliphatic heterocycles. The lowest BCUT2D eigenvalue weighted by Gasteiger charge is -2.44. The van der Waals surface area contributed by atoms with E-state index in [-0.39, 0.29) is 11.6 Å². The topological polar surface area (TPSA) is 54.4 Å². The number of carbonyl (C=O) groups excluding carboxylic acids is 2. The molecule has 3 unspecified atom stereocenters. The number of fused-ring (bicyclic) bond motifs is 1. The highest BCUT2D eigenvalue weighted by atomic mass is 16.3. The molecule has 0 amide bonds. The van der Waals surface area contributed by atoms with E-state index < -0.39 is 17.4 Å². The third kappa shape index (κ3) is 1.22. The van der Waals surface area contributed by atoms with Crippen LogP contribution in [0.25, 0.3) is 0 Å². The molecule has 2 saturated carbocycles. The standard InChI is InChI=1S/C11H16O3/c1-11-6-2-3-7(12)10(11)8(13)4-5-9(11)14/h7,10,12H,2-6H2,1H3. The van der Waals surface area contributed by atoms with Gasteiger partial charge >= 0.3 is 0 Å². The van der Waals surface area contributed by atoms with Crippen molar-refractivity contribution in [2.45, 2.75) is 45.1 Å². The molecule has 0 aromatic heterocycles. The Kier molecular flexibility index (Phi) is 2.22. The monoisotopic (exact) mass is 196 g/mol. The largest absolute Gasteiger partial charge is 0.392 e. The van der Waals surface area contributed by atoms with Gasteiger partial charge in [0.15, 0.2) is 0 Å². The van der Waals surface area contributed by atoms with Gasteiger partial charge in [-0.3, -0.25) is 9.59 Å². The number of Topliss-reactive ketones (excluding diaryl/α,β-unsaturated/α-hetero) is 2. The fraction of sp³-hybridized carbons (Fsp3) is 0.818. The van der Waals surface area contributed by atoms with E-state index in [0.717, 1.165) is 12.8 Å². The third-order valence-electron chi connectivity index (χ3n) is 3.85. The van der Waals surface area contributed by atoms with Gasteiger partial charge in [0.1, 0.15) is 11.6 Å². The van der Waals surface area contributed by atoms with E-state index in [4.69, 9.17) is 0 Å². The number of hydrogen-bond donors (Lipinski definition) is 1. The van der Waals surface area contributed by atoms with Crippen LogP contribution in [0.15, 0.2) is 0 Å². The van der Waals surface area contributed by atoms with Crippen molar-refractivity contribution in [3.63, 3.8) is 0 Å². The van der Waals surface area contributed by atoms with Crippen LogP contribution in [0, 0.1) is 11.3 Å². The smallest absolute Gasteiger partial charge is 0.140 e. The molecule has 0 spiro atoms. The number of hydrogen-bond acceptors (Lipinski definition) is 3. The third-order valence-corrected chi connectivity index (χ3v) is 3.85. The minimum Gasteiger partial charge on any atom is -0.392 e. The molecule has 3 nitrogen and oxygen atoms in total. The quantitative estimate of drug-likeness (QED) is 0.631. The molecule has 0 radical (unpaired) electrons. The first-order valence-electron chi connectivity index (χ1n) is 5.30. The summed E-state index contributed by atoms with van der Waals surface area (Å²) in [6.45, 7) is 1.85. The second-order valence-corrected chi connectivity index (χ2v) is 4.74. The summed E-state index contributed by atoms with van der Waals surface area (Å²) in [4.78, 5) is 23.5. The molecule has 3 atom stereocenters. The summed E-state index contributed by atoms with van der Waals surface area (Å²) in [5.74, 6) is -0.169. The lowest BCUT2D eigenvalue weighted by atomic mass is 9.58. The van der Waals surface area contributed by atoms with Gasteiger partial charge in [0.05, 0.1) is 12.0 Å². The molecule has 0 aromatic rings. The molecular weight excluding hydrogens is 180 g/mol. The van der Waals surface area contributed by atoms with Crippen molar-refractivity contribution in [1.29, 1.82) is 0 Å². The molecule has 2 fully saturated rings. The van der Waals surface area contributed by atoms with Crippen LogP contribution in [0.3, 0.4) is 0 Å². The van der Waals surface area contributed by atoms with Crippen LogP contribution < -0.4 is 0 Å². The summed E-state index contributed by atoms with van der Waals surface area (Å²) in [7, 11) is 0. The van der Waals surface area contributed by atoms with E-state index in [0.29, 0.717) is 19.3 Å². The van der Waals surface area contributed by atoms with Gasteiger partial charge in [0.25, 0.3) is 0 Å². The molecule has 0 saturated heterocycles. The fourth-order valence-corrected chi connectivity index (χ4v) is 2.99. The second kappa shape index (κ2) is 3.16. The zero-order valence-corrected chi connectivity index (χ0v) is 8.45. The maximum atomic E-state index is 11.8. The van der Waals surface area contributed by atoms with Gasteiger partial charge in [0, 0.05) is 18.3 Å². The van der Waals surface area contributed by atoms with Crippen molar-refractivity contribution in [3.05, 3.63) is 0 Å². The predicted octanol–water partition coefficient (Wildman–Crippen LogP) is 1.09. The summed E-state index contributed by atoms with van der Waals surface area (Å²) in [6.07, 6.45) is 2.39. The number of aliphatic hydroxyl groups excluding tert-OH is 1. The first-order chi connectivity index (χ1) is 6.55. The van der Waals surface area contributed by atoms with Gasteiger partial charge in [-0.1, -0.05) is 6.92 Å². The Morgan fingerprint density at radius 1 is 1.36 bits per heavy atom. The SMILES string of the molecule is CC12CCCC(O)C1C(=O)CCC2=O. The predicted molar refractivity (Wildman–Crippen MR) is 50.7 cm³/mol. The Balaban J connectivity index is 2.35. The minimum atomic E-state index is -0.592. The summed E-state index contributed by atoms with van der Waals surface area (Å²) in [5, 5.41) is 9.78. The zero-order chi connectivity index (χ0) is 10.3. The Hall–Kier alpha value is -0.700. The average molecular weight is 196 g/mol. The Morgan fingerprint density at radius 3 is 2.71 bits per heavy atom. The van der Waals surface area contributed by atoms with Gasteiger partial charge < -0.3 is 5.11 Å². The van der Waals surface area contributed by atoms with Crippen molar-refractivity contribution >= 4 is 11.6 Å². The molecule has 0 aromatic carbocycles. The lowest BCUT2D eigenvalue weighted by molar-refractivity contribution is -0.154. The molecule has 2 aliphatic carbocycles. The van der Waals surface area contributed by atoms with E-state index in [9.17, 15) is 14.7 Å². The van der Waals surface area contributed by atoms with Crippen molar-refractivity contribution in [3.8, 4) is 0 Å². The molecule has 1 N–H and O–H groups in total. The maximum Gasteiger partial charge on any atom is 0.140 e. The normalized spacial score (nSPS) is 43.6. The number of aliphatic hydroxyl groups is 1. The summed E-state index contributed by atoms with van der Waals surface area (Å²) in [5.41, 5.74) is -0.562. The van der Waals surface area contributed by atoms with Crippen molar-refractivity contribution < 1.29 is 14.7 Å². The molecule has 0 heterocycles. The minimum absolute atomic E-state index is 0.0827. The Morgan fingerprint density at radius 2 is 2.07 bits per heavy atom. The summed E-state index contributed by atoms with van der Waals surface area (Å²) >= 11 is 0. The number of rotatable bonds is 0. The number of ketones is 2. The molecule has 0 bridgehead atoms. The van der Waals surface area contributed by atoms with Crippen LogP contribution in [0.1, 0.15) is 39.0 Å². The maximum absolute atomic E-state index is 11.8. The first-order valence-corrected chi connectivity index (χ1v) is 5.30. The molecule has 2 rings (SSSR count). The lowest BCUT2D eigenvalue weighted by Crippen LogP contribution is -2.52. The van der Waals surface area contributed by atoms with Crippen molar-refractivity contribution in [1.82, 2.24) is 0 Å². The van der Waals surface area contributed by atoms with Crippen LogP contribution in [0.4, 0.5) is 0 Å². The zero-order valence-electron chi connectivity index (χ0n) is 8.45. The Labute approximate surface area is 83.5 Å². The molecule has 2 aliphatic rings. The van der Waals surface area contributed by atoms with E-state index >= 15 is 0 Å².